The number of anilines is 1. The molecule has 2 atom stereocenters. The highest BCUT2D eigenvalue weighted by Gasteiger charge is 2.32. The number of hydrogen-bond donors (Lipinski definition) is 1. The Morgan fingerprint density at radius 2 is 2.33 bits per heavy atom. The molecule has 2 aliphatic rings. The van der Waals surface area contributed by atoms with Crippen LogP contribution >= 0.6 is 11.3 Å². The van der Waals surface area contributed by atoms with E-state index in [0.29, 0.717) is 11.2 Å². The summed E-state index contributed by atoms with van der Waals surface area (Å²) in [6, 6.07) is 1.40. The molecule has 0 aromatic carbocycles. The molecule has 0 aliphatic carbocycles. The highest BCUT2D eigenvalue weighted by molar-refractivity contribution is 7.13. The number of thiazole rings is 1. The molecule has 2 aliphatic heterocycles. The first-order valence-electron chi connectivity index (χ1n) is 6.90. The molecule has 0 amide bonds. The standard InChI is InChI=1S/C13H22N4S/c1-10-6-16-5-3-2-4-12(16)8-17(10)7-11-9-18-13(14)15-11/h9-10,12H,2-8H2,1H3,(H2,14,15). The van der Waals surface area contributed by atoms with E-state index < -0.39 is 0 Å². The van der Waals surface area contributed by atoms with E-state index in [2.05, 4.69) is 27.1 Å². The molecule has 18 heavy (non-hydrogen) atoms. The predicted molar refractivity (Wildman–Crippen MR) is 75.6 cm³/mol. The summed E-state index contributed by atoms with van der Waals surface area (Å²) in [5.74, 6) is 0. The van der Waals surface area contributed by atoms with Gasteiger partial charge in [-0.3, -0.25) is 9.80 Å². The third kappa shape index (κ3) is 2.53. The molecule has 2 unspecified atom stereocenters. The van der Waals surface area contributed by atoms with Crippen molar-refractivity contribution in [2.75, 3.05) is 25.4 Å². The van der Waals surface area contributed by atoms with E-state index in [4.69, 9.17) is 5.73 Å². The van der Waals surface area contributed by atoms with Crippen LogP contribution in [0.1, 0.15) is 31.9 Å². The second kappa shape index (κ2) is 5.15. The minimum atomic E-state index is 0.627. The number of aromatic nitrogens is 1. The third-order valence-corrected chi connectivity index (χ3v) is 4.97. The number of fused-ring (bicyclic) bond motifs is 1. The molecule has 2 fully saturated rings. The highest BCUT2D eigenvalue weighted by atomic mass is 32.1. The zero-order valence-electron chi connectivity index (χ0n) is 11.0. The van der Waals surface area contributed by atoms with E-state index in [1.807, 2.05) is 0 Å². The first-order chi connectivity index (χ1) is 8.72. The molecule has 5 heteroatoms. The van der Waals surface area contributed by atoms with Crippen molar-refractivity contribution in [1.29, 1.82) is 0 Å². The molecule has 3 heterocycles. The van der Waals surface area contributed by atoms with Gasteiger partial charge in [-0.1, -0.05) is 6.42 Å². The SMILES string of the molecule is CC1CN2CCCCC2CN1Cc1csc(N)n1. The second-order valence-corrected chi connectivity index (χ2v) is 6.49. The van der Waals surface area contributed by atoms with Crippen molar-refractivity contribution in [3.05, 3.63) is 11.1 Å². The summed E-state index contributed by atoms with van der Waals surface area (Å²) in [7, 11) is 0. The Balaban J connectivity index is 1.65. The van der Waals surface area contributed by atoms with Crippen molar-refractivity contribution >= 4 is 16.5 Å². The Morgan fingerprint density at radius 1 is 1.44 bits per heavy atom. The van der Waals surface area contributed by atoms with E-state index in [0.717, 1.165) is 18.3 Å². The molecule has 2 saturated heterocycles. The van der Waals surface area contributed by atoms with Crippen LogP contribution in [0.25, 0.3) is 0 Å². The van der Waals surface area contributed by atoms with Gasteiger partial charge < -0.3 is 5.73 Å². The zero-order chi connectivity index (χ0) is 12.5. The topological polar surface area (TPSA) is 45.4 Å². The molecule has 3 rings (SSSR count). The number of piperidine rings is 1. The Bertz CT molecular complexity index is 405. The average Bonchev–Trinajstić information content (AvgIpc) is 2.76. The Morgan fingerprint density at radius 3 is 3.11 bits per heavy atom. The van der Waals surface area contributed by atoms with Crippen molar-refractivity contribution in [2.24, 2.45) is 0 Å². The molecule has 1 aromatic heterocycles. The van der Waals surface area contributed by atoms with Crippen LogP contribution in [-0.4, -0.2) is 46.5 Å². The number of nitrogens with zero attached hydrogens (tertiary/aromatic N) is 3. The van der Waals surface area contributed by atoms with E-state index in [-0.39, 0.29) is 0 Å². The molecule has 0 spiro atoms. The van der Waals surface area contributed by atoms with Gasteiger partial charge >= 0.3 is 0 Å². The zero-order valence-corrected chi connectivity index (χ0v) is 11.8. The number of hydrogen-bond acceptors (Lipinski definition) is 5. The lowest BCUT2D eigenvalue weighted by Crippen LogP contribution is -2.58. The molecule has 2 N–H and O–H groups in total. The minimum Gasteiger partial charge on any atom is -0.375 e. The maximum Gasteiger partial charge on any atom is 0.180 e. The lowest BCUT2D eigenvalue weighted by molar-refractivity contribution is 0.0106. The van der Waals surface area contributed by atoms with Crippen molar-refractivity contribution in [3.8, 4) is 0 Å². The van der Waals surface area contributed by atoms with Gasteiger partial charge in [0.2, 0.25) is 0 Å². The van der Waals surface area contributed by atoms with Crippen molar-refractivity contribution < 1.29 is 0 Å². The normalized spacial score (nSPS) is 30.3. The van der Waals surface area contributed by atoms with Crippen LogP contribution in [0.2, 0.25) is 0 Å². The van der Waals surface area contributed by atoms with E-state index in [1.165, 1.54) is 38.9 Å². The average molecular weight is 266 g/mol. The van der Waals surface area contributed by atoms with Gasteiger partial charge in [0, 0.05) is 37.1 Å². The maximum atomic E-state index is 5.71. The summed E-state index contributed by atoms with van der Waals surface area (Å²) in [5.41, 5.74) is 6.84. The lowest BCUT2D eigenvalue weighted by Gasteiger charge is -2.47. The number of nitrogen functional groups attached to an aromatic ring is 1. The van der Waals surface area contributed by atoms with Crippen molar-refractivity contribution in [3.63, 3.8) is 0 Å². The second-order valence-electron chi connectivity index (χ2n) is 5.60. The minimum absolute atomic E-state index is 0.627. The fourth-order valence-electron chi connectivity index (χ4n) is 3.24. The number of nitrogens with two attached hydrogens (primary N) is 1. The molecule has 0 saturated carbocycles. The van der Waals surface area contributed by atoms with Gasteiger partial charge in [-0.2, -0.15) is 0 Å². The van der Waals surface area contributed by atoms with Crippen LogP contribution < -0.4 is 5.73 Å². The van der Waals surface area contributed by atoms with E-state index in [9.17, 15) is 0 Å². The van der Waals surface area contributed by atoms with Crippen LogP contribution in [-0.2, 0) is 6.54 Å². The van der Waals surface area contributed by atoms with Crippen molar-refractivity contribution in [2.45, 2.75) is 44.8 Å². The van der Waals surface area contributed by atoms with Gasteiger partial charge in [0.1, 0.15) is 0 Å². The van der Waals surface area contributed by atoms with Crippen LogP contribution in [0.4, 0.5) is 5.13 Å². The monoisotopic (exact) mass is 266 g/mol. The Hall–Kier alpha value is -0.650. The Kier molecular flexibility index (Phi) is 3.54. The van der Waals surface area contributed by atoms with Gasteiger partial charge in [-0.15, -0.1) is 11.3 Å². The van der Waals surface area contributed by atoms with Gasteiger partial charge in [0.15, 0.2) is 5.13 Å². The smallest absolute Gasteiger partial charge is 0.180 e. The fraction of sp³-hybridized carbons (Fsp3) is 0.769. The highest BCUT2D eigenvalue weighted by Crippen LogP contribution is 2.25. The third-order valence-electron chi connectivity index (χ3n) is 4.25. The summed E-state index contributed by atoms with van der Waals surface area (Å²) in [6.45, 7) is 7.00. The van der Waals surface area contributed by atoms with Gasteiger partial charge in [-0.25, -0.2) is 4.98 Å². The van der Waals surface area contributed by atoms with Crippen LogP contribution in [0.15, 0.2) is 5.38 Å². The van der Waals surface area contributed by atoms with E-state index >= 15 is 0 Å². The molecular formula is C13H22N4S. The fourth-order valence-corrected chi connectivity index (χ4v) is 3.79. The number of rotatable bonds is 2. The quantitative estimate of drug-likeness (QED) is 0.886. The summed E-state index contributed by atoms with van der Waals surface area (Å²) < 4.78 is 0. The predicted octanol–water partition coefficient (Wildman–Crippen LogP) is 1.78. The largest absolute Gasteiger partial charge is 0.375 e. The molecule has 100 valence electrons. The molecular weight excluding hydrogens is 244 g/mol. The lowest BCUT2D eigenvalue weighted by atomic mass is 9.97. The van der Waals surface area contributed by atoms with E-state index in [1.54, 1.807) is 11.3 Å². The summed E-state index contributed by atoms with van der Waals surface area (Å²) in [6.07, 6.45) is 4.14. The van der Waals surface area contributed by atoms with Crippen LogP contribution in [0.5, 0.6) is 0 Å². The molecule has 4 nitrogen and oxygen atoms in total. The van der Waals surface area contributed by atoms with Gasteiger partial charge in [-0.05, 0) is 26.3 Å². The number of piperazine rings is 1. The first-order valence-corrected chi connectivity index (χ1v) is 7.78. The summed E-state index contributed by atoms with van der Waals surface area (Å²) in [5, 5.41) is 2.78. The van der Waals surface area contributed by atoms with Crippen LogP contribution in [0.3, 0.4) is 0 Å². The molecule has 0 bridgehead atoms. The summed E-state index contributed by atoms with van der Waals surface area (Å²) >= 11 is 1.55. The molecule has 1 aromatic rings. The summed E-state index contributed by atoms with van der Waals surface area (Å²) in [4.78, 5) is 9.64. The van der Waals surface area contributed by atoms with Crippen LogP contribution in [0, 0.1) is 0 Å². The van der Waals surface area contributed by atoms with Gasteiger partial charge in [0.25, 0.3) is 0 Å². The first kappa shape index (κ1) is 12.4. The Labute approximate surface area is 113 Å². The molecule has 0 radical (unpaired) electrons. The van der Waals surface area contributed by atoms with Crippen molar-refractivity contribution in [1.82, 2.24) is 14.8 Å². The maximum absolute atomic E-state index is 5.71. The van der Waals surface area contributed by atoms with Gasteiger partial charge in [0.05, 0.1) is 5.69 Å².